The number of anilines is 1. The van der Waals surface area contributed by atoms with E-state index < -0.39 is 5.97 Å². The molecular weight excluding hydrogens is 286 g/mol. The number of rotatable bonds is 5. The Hall–Kier alpha value is -2.08. The summed E-state index contributed by atoms with van der Waals surface area (Å²) in [5.74, 6) is -0.756. The molecule has 120 valence electrons. The van der Waals surface area contributed by atoms with Crippen LogP contribution in [0.4, 0.5) is 5.69 Å². The number of hydrogen-bond donors (Lipinski definition) is 2. The number of carbonyl (C=O) groups is 2. The van der Waals surface area contributed by atoms with Gasteiger partial charge in [0.1, 0.15) is 5.75 Å². The molecule has 1 saturated heterocycles. The Morgan fingerprint density at radius 2 is 2.05 bits per heavy atom. The van der Waals surface area contributed by atoms with E-state index in [1.54, 1.807) is 12.1 Å². The molecule has 1 aromatic carbocycles. The molecule has 0 bridgehead atoms. The van der Waals surface area contributed by atoms with Gasteiger partial charge in [-0.15, -0.1) is 0 Å². The maximum atomic E-state index is 12.4. The molecule has 0 aromatic heterocycles. The highest BCUT2D eigenvalue weighted by Crippen LogP contribution is 2.27. The van der Waals surface area contributed by atoms with Crippen molar-refractivity contribution in [2.45, 2.75) is 19.8 Å². The van der Waals surface area contributed by atoms with Gasteiger partial charge in [0.2, 0.25) is 5.91 Å². The van der Waals surface area contributed by atoms with Crippen molar-refractivity contribution >= 4 is 17.6 Å². The molecule has 0 saturated carbocycles. The van der Waals surface area contributed by atoms with Gasteiger partial charge in [0.05, 0.1) is 18.4 Å². The van der Waals surface area contributed by atoms with Crippen LogP contribution in [0.5, 0.6) is 5.75 Å². The van der Waals surface area contributed by atoms with Gasteiger partial charge in [0.25, 0.3) is 0 Å². The van der Waals surface area contributed by atoms with Crippen LogP contribution in [0.3, 0.4) is 0 Å². The highest BCUT2D eigenvalue weighted by molar-refractivity contribution is 6.01. The zero-order valence-corrected chi connectivity index (χ0v) is 12.8. The number of ether oxygens (including phenoxy) is 2. The van der Waals surface area contributed by atoms with Crippen molar-refractivity contribution in [1.29, 1.82) is 0 Å². The number of aromatic carboxylic acids is 1. The standard InChI is InChI=1S/C16H21NO5/c1-10(11-5-7-22-8-6-11)15(18)17-14-4-3-12(21-2)9-13(14)16(19)20/h3-4,9-11H,5-8H2,1-2H3,(H,17,18)(H,19,20). The molecule has 1 aromatic rings. The van der Waals surface area contributed by atoms with Gasteiger partial charge in [-0.25, -0.2) is 4.79 Å². The average Bonchev–Trinajstić information content (AvgIpc) is 2.55. The first-order valence-electron chi connectivity index (χ1n) is 7.33. The van der Waals surface area contributed by atoms with Gasteiger partial charge in [-0.3, -0.25) is 4.79 Å². The molecule has 6 nitrogen and oxygen atoms in total. The molecule has 22 heavy (non-hydrogen) atoms. The van der Waals surface area contributed by atoms with Crippen molar-refractivity contribution in [3.05, 3.63) is 23.8 Å². The van der Waals surface area contributed by atoms with Gasteiger partial charge in [-0.2, -0.15) is 0 Å². The Morgan fingerprint density at radius 3 is 2.64 bits per heavy atom. The van der Waals surface area contributed by atoms with E-state index in [0.29, 0.717) is 19.0 Å². The molecule has 1 atom stereocenters. The molecule has 1 fully saturated rings. The number of nitrogens with one attached hydrogen (secondary N) is 1. The summed E-state index contributed by atoms with van der Waals surface area (Å²) in [6.45, 7) is 3.21. The number of carboxylic acids is 1. The average molecular weight is 307 g/mol. The minimum atomic E-state index is -1.10. The van der Waals surface area contributed by atoms with Crippen LogP contribution in [0.1, 0.15) is 30.1 Å². The van der Waals surface area contributed by atoms with Crippen molar-refractivity contribution in [3.8, 4) is 5.75 Å². The van der Waals surface area contributed by atoms with Crippen LogP contribution in [0.15, 0.2) is 18.2 Å². The number of carboxylic acid groups (broad SMARTS) is 1. The second-order valence-electron chi connectivity index (χ2n) is 5.44. The summed E-state index contributed by atoms with van der Waals surface area (Å²) in [6.07, 6.45) is 1.70. The number of benzene rings is 1. The Morgan fingerprint density at radius 1 is 1.36 bits per heavy atom. The third-order valence-electron chi connectivity index (χ3n) is 4.10. The first kappa shape index (κ1) is 16.3. The van der Waals surface area contributed by atoms with Crippen molar-refractivity contribution in [2.24, 2.45) is 11.8 Å². The van der Waals surface area contributed by atoms with Crippen LogP contribution in [0.25, 0.3) is 0 Å². The minimum absolute atomic E-state index is 0.0203. The molecule has 0 radical (unpaired) electrons. The van der Waals surface area contributed by atoms with Crippen LogP contribution >= 0.6 is 0 Å². The summed E-state index contributed by atoms with van der Waals surface area (Å²) in [5, 5.41) is 12.0. The summed E-state index contributed by atoms with van der Waals surface area (Å²) in [7, 11) is 1.46. The lowest BCUT2D eigenvalue weighted by molar-refractivity contribution is -0.122. The van der Waals surface area contributed by atoms with Crippen LogP contribution < -0.4 is 10.1 Å². The normalized spacial score (nSPS) is 16.8. The highest BCUT2D eigenvalue weighted by Gasteiger charge is 2.26. The van der Waals surface area contributed by atoms with Crippen LogP contribution in [-0.2, 0) is 9.53 Å². The van der Waals surface area contributed by atoms with E-state index in [-0.39, 0.29) is 29.0 Å². The lowest BCUT2D eigenvalue weighted by Crippen LogP contribution is -2.31. The Labute approximate surface area is 129 Å². The number of carbonyl (C=O) groups excluding carboxylic acids is 1. The van der Waals surface area contributed by atoms with E-state index in [9.17, 15) is 14.7 Å². The van der Waals surface area contributed by atoms with E-state index in [0.717, 1.165) is 12.8 Å². The maximum Gasteiger partial charge on any atom is 0.337 e. The van der Waals surface area contributed by atoms with E-state index in [1.807, 2.05) is 6.92 Å². The zero-order chi connectivity index (χ0) is 16.1. The number of hydrogen-bond acceptors (Lipinski definition) is 4. The Balaban J connectivity index is 2.11. The topological polar surface area (TPSA) is 84.9 Å². The molecule has 2 N–H and O–H groups in total. The van der Waals surface area contributed by atoms with Crippen LogP contribution in [-0.4, -0.2) is 37.3 Å². The van der Waals surface area contributed by atoms with Gasteiger partial charge in [0, 0.05) is 19.1 Å². The fraction of sp³-hybridized carbons (Fsp3) is 0.500. The summed E-state index contributed by atoms with van der Waals surface area (Å²) >= 11 is 0. The molecule has 1 amide bonds. The minimum Gasteiger partial charge on any atom is -0.497 e. The lowest BCUT2D eigenvalue weighted by atomic mass is 9.86. The predicted octanol–water partition coefficient (Wildman–Crippen LogP) is 2.39. The summed E-state index contributed by atoms with van der Waals surface area (Å²) in [4.78, 5) is 23.7. The van der Waals surface area contributed by atoms with Crippen molar-refractivity contribution in [3.63, 3.8) is 0 Å². The highest BCUT2D eigenvalue weighted by atomic mass is 16.5. The first-order valence-corrected chi connectivity index (χ1v) is 7.33. The lowest BCUT2D eigenvalue weighted by Gasteiger charge is -2.27. The smallest absolute Gasteiger partial charge is 0.337 e. The van der Waals surface area contributed by atoms with Crippen molar-refractivity contribution in [1.82, 2.24) is 0 Å². The quantitative estimate of drug-likeness (QED) is 0.872. The summed E-state index contributed by atoms with van der Waals surface area (Å²) in [5.41, 5.74) is 0.309. The predicted molar refractivity (Wildman–Crippen MR) is 81.3 cm³/mol. The Bertz CT molecular complexity index is 551. The first-order chi connectivity index (χ1) is 10.5. The van der Waals surface area contributed by atoms with Crippen molar-refractivity contribution < 1.29 is 24.2 Å². The fourth-order valence-corrected chi connectivity index (χ4v) is 2.61. The molecule has 1 aliphatic rings. The van der Waals surface area contributed by atoms with E-state index in [4.69, 9.17) is 9.47 Å². The molecule has 0 aliphatic carbocycles. The van der Waals surface area contributed by atoms with Gasteiger partial charge >= 0.3 is 5.97 Å². The van der Waals surface area contributed by atoms with E-state index in [1.165, 1.54) is 13.2 Å². The molecule has 1 heterocycles. The molecule has 2 rings (SSSR count). The third kappa shape index (κ3) is 3.76. The second kappa shape index (κ2) is 7.26. The largest absolute Gasteiger partial charge is 0.497 e. The van der Waals surface area contributed by atoms with Gasteiger partial charge in [-0.05, 0) is 37.0 Å². The SMILES string of the molecule is COc1ccc(NC(=O)C(C)C2CCOCC2)c(C(=O)O)c1. The molecule has 0 spiro atoms. The molecule has 6 heteroatoms. The molecule has 1 unspecified atom stereocenters. The summed E-state index contributed by atoms with van der Waals surface area (Å²) < 4.78 is 10.3. The Kier molecular flexibility index (Phi) is 5.38. The molecular formula is C16H21NO5. The number of amides is 1. The van der Waals surface area contributed by atoms with Gasteiger partial charge in [-0.1, -0.05) is 6.92 Å². The number of methoxy groups -OCH3 is 1. The monoisotopic (exact) mass is 307 g/mol. The van der Waals surface area contributed by atoms with Crippen LogP contribution in [0.2, 0.25) is 0 Å². The zero-order valence-electron chi connectivity index (χ0n) is 12.8. The fourth-order valence-electron chi connectivity index (χ4n) is 2.61. The maximum absolute atomic E-state index is 12.4. The third-order valence-corrected chi connectivity index (χ3v) is 4.10. The van der Waals surface area contributed by atoms with Crippen molar-refractivity contribution in [2.75, 3.05) is 25.6 Å². The van der Waals surface area contributed by atoms with Crippen LogP contribution in [0, 0.1) is 11.8 Å². The van der Waals surface area contributed by atoms with Gasteiger partial charge in [0.15, 0.2) is 0 Å². The van der Waals surface area contributed by atoms with E-state index >= 15 is 0 Å². The second-order valence-corrected chi connectivity index (χ2v) is 5.44. The van der Waals surface area contributed by atoms with E-state index in [2.05, 4.69) is 5.32 Å². The van der Waals surface area contributed by atoms with Gasteiger partial charge < -0.3 is 19.9 Å². The summed E-state index contributed by atoms with van der Waals surface area (Å²) in [6, 6.07) is 4.58. The molecule has 1 aliphatic heterocycles.